The van der Waals surface area contributed by atoms with Gasteiger partial charge >= 0.3 is 0 Å². The highest BCUT2D eigenvalue weighted by Crippen LogP contribution is 2.25. The summed E-state index contributed by atoms with van der Waals surface area (Å²) in [5.74, 6) is -0.0415. The Bertz CT molecular complexity index is 1030. The van der Waals surface area contributed by atoms with E-state index in [0.717, 1.165) is 38.4 Å². The SMILES string of the molecule is Cc1cc(C)c(S(=O)(=O)N2CC[NH+](CC(=O)Nc3cccc(C)c3C)CC2)c(C)c1. The predicted octanol–water partition coefficient (Wildman–Crippen LogP) is 1.76. The monoisotopic (exact) mass is 430 g/mol. The first kappa shape index (κ1) is 22.5. The minimum Gasteiger partial charge on any atom is -0.325 e. The van der Waals surface area contributed by atoms with Gasteiger partial charge in [-0.05, 0) is 62.9 Å². The number of rotatable bonds is 5. The third-order valence-electron chi connectivity index (χ3n) is 5.92. The van der Waals surface area contributed by atoms with Crippen molar-refractivity contribution in [2.75, 3.05) is 38.0 Å². The van der Waals surface area contributed by atoms with Crippen LogP contribution in [-0.2, 0) is 14.8 Å². The normalized spacial score (nSPS) is 15.9. The van der Waals surface area contributed by atoms with Gasteiger partial charge in [0.2, 0.25) is 10.0 Å². The smallest absolute Gasteiger partial charge is 0.279 e. The number of nitrogens with one attached hydrogen (secondary N) is 2. The number of carbonyl (C=O) groups excluding carboxylic acids is 1. The van der Waals surface area contributed by atoms with Gasteiger partial charge in [0, 0.05) is 5.69 Å². The van der Waals surface area contributed by atoms with Gasteiger partial charge in [0.25, 0.3) is 5.91 Å². The van der Waals surface area contributed by atoms with Crippen LogP contribution < -0.4 is 10.2 Å². The van der Waals surface area contributed by atoms with E-state index in [1.54, 1.807) is 4.31 Å². The second-order valence-corrected chi connectivity index (χ2v) is 10.2. The molecule has 1 heterocycles. The molecule has 0 saturated carbocycles. The van der Waals surface area contributed by atoms with Crippen LogP contribution in [0.15, 0.2) is 35.2 Å². The van der Waals surface area contributed by atoms with Gasteiger partial charge in [0.1, 0.15) is 0 Å². The van der Waals surface area contributed by atoms with E-state index in [0.29, 0.717) is 37.6 Å². The van der Waals surface area contributed by atoms with Crippen LogP contribution in [0.25, 0.3) is 0 Å². The van der Waals surface area contributed by atoms with Crippen molar-refractivity contribution in [1.82, 2.24) is 4.31 Å². The number of carbonyl (C=O) groups is 1. The van der Waals surface area contributed by atoms with Crippen LogP contribution in [0.1, 0.15) is 27.8 Å². The van der Waals surface area contributed by atoms with Crippen molar-refractivity contribution >= 4 is 21.6 Å². The Balaban J connectivity index is 1.62. The van der Waals surface area contributed by atoms with Crippen molar-refractivity contribution in [3.63, 3.8) is 0 Å². The maximum atomic E-state index is 13.2. The summed E-state index contributed by atoms with van der Waals surface area (Å²) in [6, 6.07) is 9.70. The molecule has 1 amide bonds. The molecule has 7 heteroatoms. The molecule has 0 radical (unpaired) electrons. The van der Waals surface area contributed by atoms with Gasteiger partial charge in [0.15, 0.2) is 6.54 Å². The molecule has 1 saturated heterocycles. The highest BCUT2D eigenvalue weighted by atomic mass is 32.2. The molecular formula is C23H32N3O3S+. The van der Waals surface area contributed by atoms with Crippen molar-refractivity contribution in [3.05, 3.63) is 58.1 Å². The molecule has 0 aliphatic carbocycles. The first-order chi connectivity index (χ1) is 14.1. The van der Waals surface area contributed by atoms with Gasteiger partial charge < -0.3 is 10.2 Å². The van der Waals surface area contributed by atoms with Gasteiger partial charge in [0.05, 0.1) is 31.1 Å². The van der Waals surface area contributed by atoms with Crippen LogP contribution in [0.5, 0.6) is 0 Å². The Morgan fingerprint density at radius 1 is 1.00 bits per heavy atom. The summed E-state index contributed by atoms with van der Waals surface area (Å²) in [4.78, 5) is 14.0. The minimum absolute atomic E-state index is 0.0415. The molecule has 30 heavy (non-hydrogen) atoms. The van der Waals surface area contributed by atoms with E-state index in [1.807, 2.05) is 65.0 Å². The molecule has 1 aliphatic rings. The maximum Gasteiger partial charge on any atom is 0.279 e. The standard InChI is InChI=1S/C23H31N3O3S/c1-16-13-18(3)23(19(4)14-16)30(28,29)26-11-9-25(10-12-26)15-22(27)24-21-8-6-7-17(2)20(21)5/h6-8,13-14H,9-12,15H2,1-5H3,(H,24,27)/p+1. The Morgan fingerprint density at radius 2 is 1.60 bits per heavy atom. The molecule has 0 atom stereocenters. The summed E-state index contributed by atoms with van der Waals surface area (Å²) in [6.45, 7) is 12.1. The lowest BCUT2D eigenvalue weighted by molar-refractivity contribution is -0.895. The Hall–Kier alpha value is -2.22. The van der Waals surface area contributed by atoms with Gasteiger partial charge in [-0.1, -0.05) is 29.8 Å². The molecule has 1 aliphatic heterocycles. The van der Waals surface area contributed by atoms with Crippen molar-refractivity contribution in [2.24, 2.45) is 0 Å². The van der Waals surface area contributed by atoms with E-state index in [9.17, 15) is 13.2 Å². The fourth-order valence-corrected chi connectivity index (χ4v) is 6.08. The number of anilines is 1. The summed E-state index contributed by atoms with van der Waals surface area (Å²) in [6.07, 6.45) is 0. The van der Waals surface area contributed by atoms with Gasteiger partial charge in [-0.3, -0.25) is 4.79 Å². The summed E-state index contributed by atoms with van der Waals surface area (Å²) in [7, 11) is -3.53. The zero-order valence-corrected chi connectivity index (χ0v) is 19.3. The minimum atomic E-state index is -3.53. The van der Waals surface area contributed by atoms with E-state index >= 15 is 0 Å². The maximum absolute atomic E-state index is 13.2. The molecule has 2 aromatic rings. The number of sulfonamides is 1. The second-order valence-electron chi connectivity index (χ2n) is 8.35. The molecule has 2 aromatic carbocycles. The van der Waals surface area contributed by atoms with Crippen molar-refractivity contribution in [1.29, 1.82) is 0 Å². The summed E-state index contributed by atoms with van der Waals surface area (Å²) in [5, 5.41) is 2.99. The first-order valence-corrected chi connectivity index (χ1v) is 11.8. The number of hydrogen-bond donors (Lipinski definition) is 2. The van der Waals surface area contributed by atoms with Crippen LogP contribution in [0.4, 0.5) is 5.69 Å². The Morgan fingerprint density at radius 3 is 2.20 bits per heavy atom. The van der Waals surface area contributed by atoms with Gasteiger partial charge in [-0.15, -0.1) is 0 Å². The van der Waals surface area contributed by atoms with Crippen molar-refractivity contribution in [3.8, 4) is 0 Å². The largest absolute Gasteiger partial charge is 0.325 e. The molecular weight excluding hydrogens is 398 g/mol. The Labute approximate surface area is 179 Å². The van der Waals surface area contributed by atoms with Gasteiger partial charge in [-0.2, -0.15) is 4.31 Å². The molecule has 0 bridgehead atoms. The number of amides is 1. The zero-order chi connectivity index (χ0) is 22.1. The highest BCUT2D eigenvalue weighted by molar-refractivity contribution is 7.89. The lowest BCUT2D eigenvalue weighted by Gasteiger charge is -2.32. The molecule has 1 fully saturated rings. The number of piperazine rings is 1. The third kappa shape index (κ3) is 4.74. The van der Waals surface area contributed by atoms with Crippen molar-refractivity contribution < 1.29 is 18.1 Å². The highest BCUT2D eigenvalue weighted by Gasteiger charge is 2.33. The van der Waals surface area contributed by atoms with E-state index in [4.69, 9.17) is 0 Å². The third-order valence-corrected chi connectivity index (χ3v) is 8.13. The fourth-order valence-electron chi connectivity index (χ4n) is 4.23. The molecule has 162 valence electrons. The number of hydrogen-bond acceptors (Lipinski definition) is 3. The van der Waals surface area contributed by atoms with E-state index in [1.165, 1.54) is 0 Å². The number of aryl methyl sites for hydroxylation is 4. The number of quaternary nitrogens is 1. The first-order valence-electron chi connectivity index (χ1n) is 10.4. The topological polar surface area (TPSA) is 70.9 Å². The van der Waals surface area contributed by atoms with Crippen LogP contribution in [-0.4, -0.2) is 51.4 Å². The fraction of sp³-hybridized carbons (Fsp3) is 0.435. The predicted molar refractivity (Wildman–Crippen MR) is 120 cm³/mol. The van der Waals surface area contributed by atoms with Crippen molar-refractivity contribution in [2.45, 2.75) is 39.5 Å². The van der Waals surface area contributed by atoms with E-state index in [2.05, 4.69) is 5.32 Å². The Kier molecular flexibility index (Phi) is 6.65. The van der Waals surface area contributed by atoms with Gasteiger partial charge in [-0.25, -0.2) is 8.42 Å². The summed E-state index contributed by atoms with van der Waals surface area (Å²) in [5.41, 5.74) is 5.69. The van der Waals surface area contributed by atoms with E-state index in [-0.39, 0.29) is 5.91 Å². The van der Waals surface area contributed by atoms with Crippen LogP contribution in [0.3, 0.4) is 0 Å². The second kappa shape index (κ2) is 8.88. The molecule has 0 spiro atoms. The molecule has 6 nitrogen and oxygen atoms in total. The zero-order valence-electron chi connectivity index (χ0n) is 18.5. The molecule has 0 aromatic heterocycles. The number of benzene rings is 2. The lowest BCUT2D eigenvalue weighted by Crippen LogP contribution is -3.15. The van der Waals surface area contributed by atoms with Crippen LogP contribution in [0.2, 0.25) is 0 Å². The van der Waals surface area contributed by atoms with Crippen LogP contribution in [0, 0.1) is 34.6 Å². The average Bonchev–Trinajstić information content (AvgIpc) is 2.65. The summed E-state index contributed by atoms with van der Waals surface area (Å²) >= 11 is 0. The molecule has 3 rings (SSSR count). The summed E-state index contributed by atoms with van der Waals surface area (Å²) < 4.78 is 28.0. The van der Waals surface area contributed by atoms with Crippen LogP contribution >= 0.6 is 0 Å². The molecule has 0 unspecified atom stereocenters. The quantitative estimate of drug-likeness (QED) is 0.759. The average molecular weight is 431 g/mol. The lowest BCUT2D eigenvalue weighted by atomic mass is 10.1. The molecule has 2 N–H and O–H groups in total. The van der Waals surface area contributed by atoms with E-state index < -0.39 is 10.0 Å². The number of nitrogens with zero attached hydrogens (tertiary/aromatic N) is 1.